The van der Waals surface area contributed by atoms with Gasteiger partial charge in [0.15, 0.2) is 6.10 Å². The molecule has 2 unspecified atom stereocenters. The van der Waals surface area contributed by atoms with Crippen molar-refractivity contribution < 1.29 is 9.90 Å². The molecular weight excluding hydrogens is 295 g/mol. The second-order valence-corrected chi connectivity index (χ2v) is 4.25. The highest BCUT2D eigenvalue weighted by Crippen LogP contribution is 2.31. The van der Waals surface area contributed by atoms with Gasteiger partial charge in [0.05, 0.1) is 10.3 Å². The number of halogens is 1. The van der Waals surface area contributed by atoms with Crippen LogP contribution in [0.25, 0.3) is 0 Å². The number of aliphatic imine (C=N–C) groups is 1. The van der Waals surface area contributed by atoms with Gasteiger partial charge in [0.2, 0.25) is 5.91 Å². The molecule has 0 saturated heterocycles. The van der Waals surface area contributed by atoms with Gasteiger partial charge in [-0.2, -0.15) is 0 Å². The normalized spacial score (nSPS) is 21.9. The van der Waals surface area contributed by atoms with Crippen LogP contribution in [0.5, 0.6) is 0 Å². The lowest BCUT2D eigenvalue weighted by Gasteiger charge is -2.29. The summed E-state index contributed by atoms with van der Waals surface area (Å²) in [7, 11) is 0. The Morgan fingerprint density at radius 1 is 1.71 bits per heavy atom. The van der Waals surface area contributed by atoms with Crippen molar-refractivity contribution in [1.82, 2.24) is 0 Å². The molecule has 1 aliphatic rings. The minimum absolute atomic E-state index is 0.352. The molecule has 4 nitrogen and oxygen atoms in total. The van der Waals surface area contributed by atoms with Crippen LogP contribution >= 0.6 is 22.6 Å². The second kappa shape index (κ2) is 5.65. The van der Waals surface area contributed by atoms with Crippen LogP contribution in [0.2, 0.25) is 0 Å². The minimum atomic E-state index is -1.14. The maximum Gasteiger partial charge on any atom is 0.248 e. The summed E-state index contributed by atoms with van der Waals surface area (Å²) < 4.78 is 1.59. The highest BCUT2D eigenvalue weighted by Gasteiger charge is 2.28. The summed E-state index contributed by atoms with van der Waals surface area (Å²) >= 11 is 1.98. The second-order valence-electron chi connectivity index (χ2n) is 3.69. The summed E-state index contributed by atoms with van der Waals surface area (Å²) in [6.07, 6.45) is 3.24. The van der Waals surface area contributed by atoms with Crippen molar-refractivity contribution in [2.45, 2.75) is 37.8 Å². The van der Waals surface area contributed by atoms with Crippen LogP contribution in [-0.4, -0.2) is 27.4 Å². The van der Waals surface area contributed by atoms with Gasteiger partial charge in [-0.3, -0.25) is 9.79 Å². The molecule has 1 fully saturated rings. The Hall–Kier alpha value is -0.170. The van der Waals surface area contributed by atoms with E-state index in [9.17, 15) is 9.90 Å². The van der Waals surface area contributed by atoms with Crippen molar-refractivity contribution in [3.05, 3.63) is 0 Å². The Kier molecular flexibility index (Phi) is 4.80. The molecule has 5 heteroatoms. The van der Waals surface area contributed by atoms with Gasteiger partial charge in [-0.1, -0.05) is 19.3 Å². The van der Waals surface area contributed by atoms with E-state index < -0.39 is 12.0 Å². The molecule has 3 N–H and O–H groups in total. The van der Waals surface area contributed by atoms with Gasteiger partial charge < -0.3 is 10.8 Å². The third-order valence-corrected chi connectivity index (χ3v) is 3.02. The van der Waals surface area contributed by atoms with Crippen LogP contribution < -0.4 is 5.73 Å². The summed E-state index contributed by atoms with van der Waals surface area (Å²) in [5, 5.41) is 9.49. The molecule has 1 rings (SSSR count). The van der Waals surface area contributed by atoms with Gasteiger partial charge in [-0.25, -0.2) is 0 Å². The molecule has 0 spiro atoms. The molecule has 0 aromatic rings. The summed E-state index contributed by atoms with van der Waals surface area (Å²) in [6, 6.07) is -0.352. The van der Waals surface area contributed by atoms with E-state index in [1.54, 1.807) is 4.22 Å². The smallest absolute Gasteiger partial charge is 0.248 e. The fraction of sp³-hybridized carbons (Fsp3) is 0.778. The van der Waals surface area contributed by atoms with Crippen LogP contribution in [0.3, 0.4) is 0 Å². The molecule has 0 aromatic heterocycles. The lowest BCUT2D eigenvalue weighted by molar-refractivity contribution is -0.127. The van der Waals surface area contributed by atoms with Crippen LogP contribution in [0.4, 0.5) is 0 Å². The fourth-order valence-electron chi connectivity index (χ4n) is 1.60. The van der Waals surface area contributed by atoms with E-state index in [1.807, 2.05) is 22.6 Å². The summed E-state index contributed by atoms with van der Waals surface area (Å²) in [4.78, 5) is 14.9. The SMILES string of the molecule is NC(=O)C(O)C(CC1CCC1)/N=C\I. The van der Waals surface area contributed by atoms with Crippen molar-refractivity contribution in [3.8, 4) is 0 Å². The highest BCUT2D eigenvalue weighted by atomic mass is 127. The molecule has 1 amide bonds. The molecule has 80 valence electrons. The molecule has 1 aliphatic carbocycles. The third kappa shape index (κ3) is 3.20. The zero-order valence-electron chi connectivity index (χ0n) is 7.90. The predicted octanol–water partition coefficient (Wildman–Crippen LogP) is 0.855. The number of aliphatic hydroxyl groups is 1. The highest BCUT2D eigenvalue weighted by molar-refractivity contribution is 14.1. The van der Waals surface area contributed by atoms with Gasteiger partial charge in [-0.15, -0.1) is 0 Å². The number of primary amides is 1. The molecule has 14 heavy (non-hydrogen) atoms. The Bertz CT molecular complexity index is 229. The number of nitrogens with zero attached hydrogens (tertiary/aromatic N) is 1. The van der Waals surface area contributed by atoms with E-state index in [2.05, 4.69) is 4.99 Å². The van der Waals surface area contributed by atoms with Crippen LogP contribution in [-0.2, 0) is 4.79 Å². The molecular formula is C9H15IN2O2. The molecule has 0 heterocycles. The lowest BCUT2D eigenvalue weighted by atomic mass is 9.80. The molecule has 0 aromatic carbocycles. The Morgan fingerprint density at radius 3 is 2.71 bits per heavy atom. The number of carbonyl (C=O) groups is 1. The number of hydrogen-bond donors (Lipinski definition) is 2. The van der Waals surface area contributed by atoms with Gasteiger partial charge >= 0.3 is 0 Å². The zero-order chi connectivity index (χ0) is 10.6. The average Bonchev–Trinajstić information content (AvgIpc) is 2.07. The fourth-order valence-corrected chi connectivity index (χ4v) is 2.02. The first-order chi connectivity index (χ1) is 6.65. The molecule has 2 atom stereocenters. The van der Waals surface area contributed by atoms with Crippen molar-refractivity contribution in [1.29, 1.82) is 0 Å². The van der Waals surface area contributed by atoms with Crippen LogP contribution in [0.1, 0.15) is 25.7 Å². The number of aliphatic hydroxyl groups excluding tert-OH is 1. The van der Waals surface area contributed by atoms with Crippen molar-refractivity contribution in [2.75, 3.05) is 0 Å². The summed E-state index contributed by atoms with van der Waals surface area (Å²) in [6.45, 7) is 0. The van der Waals surface area contributed by atoms with E-state index in [0.29, 0.717) is 5.92 Å². The van der Waals surface area contributed by atoms with E-state index in [4.69, 9.17) is 5.73 Å². The number of nitrogens with two attached hydrogens (primary N) is 1. The van der Waals surface area contributed by atoms with Gasteiger partial charge in [0.1, 0.15) is 0 Å². The Balaban J connectivity index is 2.48. The molecule has 0 radical (unpaired) electrons. The summed E-state index contributed by atoms with van der Waals surface area (Å²) in [5.74, 6) is -0.0783. The average molecular weight is 310 g/mol. The van der Waals surface area contributed by atoms with E-state index in [-0.39, 0.29) is 6.04 Å². The minimum Gasteiger partial charge on any atom is -0.381 e. The Morgan fingerprint density at radius 2 is 2.36 bits per heavy atom. The number of hydrogen-bond acceptors (Lipinski definition) is 3. The number of amides is 1. The van der Waals surface area contributed by atoms with Gasteiger partial charge in [0, 0.05) is 0 Å². The largest absolute Gasteiger partial charge is 0.381 e. The molecule has 0 aliphatic heterocycles. The van der Waals surface area contributed by atoms with Gasteiger partial charge in [-0.05, 0) is 34.9 Å². The van der Waals surface area contributed by atoms with E-state index in [1.165, 1.54) is 19.3 Å². The Labute approximate surface area is 97.1 Å². The van der Waals surface area contributed by atoms with E-state index >= 15 is 0 Å². The summed E-state index contributed by atoms with van der Waals surface area (Å²) in [5.41, 5.74) is 5.04. The quantitative estimate of drug-likeness (QED) is 0.583. The van der Waals surface area contributed by atoms with Crippen LogP contribution in [0, 0.1) is 5.92 Å². The first-order valence-electron chi connectivity index (χ1n) is 4.74. The molecule has 0 bridgehead atoms. The number of rotatable bonds is 5. The van der Waals surface area contributed by atoms with Gasteiger partial charge in [0.25, 0.3) is 0 Å². The zero-order valence-corrected chi connectivity index (χ0v) is 10.1. The third-order valence-electron chi connectivity index (χ3n) is 2.70. The maximum absolute atomic E-state index is 10.8. The van der Waals surface area contributed by atoms with Crippen molar-refractivity contribution in [2.24, 2.45) is 16.6 Å². The predicted molar refractivity (Wildman–Crippen MR) is 63.5 cm³/mol. The van der Waals surface area contributed by atoms with E-state index in [0.717, 1.165) is 6.42 Å². The number of carbonyl (C=O) groups excluding carboxylic acids is 1. The standard InChI is InChI=1S/C9H15IN2O2/c10-5-12-7(8(13)9(11)14)4-6-2-1-3-6/h5-8,13H,1-4H2,(H2,11,14)/b12-5-. The monoisotopic (exact) mass is 310 g/mol. The topological polar surface area (TPSA) is 75.7 Å². The first-order valence-corrected chi connectivity index (χ1v) is 5.99. The lowest BCUT2D eigenvalue weighted by Crippen LogP contribution is -2.39. The maximum atomic E-state index is 10.8. The molecule has 1 saturated carbocycles. The van der Waals surface area contributed by atoms with Crippen molar-refractivity contribution >= 4 is 32.7 Å². The van der Waals surface area contributed by atoms with Crippen LogP contribution in [0.15, 0.2) is 4.99 Å². The van der Waals surface area contributed by atoms with Crippen molar-refractivity contribution in [3.63, 3.8) is 0 Å². The first kappa shape index (κ1) is 11.9.